The van der Waals surface area contributed by atoms with E-state index < -0.39 is 0 Å². The van der Waals surface area contributed by atoms with Crippen LogP contribution in [0.3, 0.4) is 0 Å². The van der Waals surface area contributed by atoms with Gasteiger partial charge >= 0.3 is 0 Å². The fourth-order valence-electron chi connectivity index (χ4n) is 0.889. The summed E-state index contributed by atoms with van der Waals surface area (Å²) in [5.74, 6) is 0.542. The first kappa shape index (κ1) is 6.86. The third-order valence-corrected chi connectivity index (χ3v) is 1.34. The Hall–Kier alpha value is -1.25. The lowest BCUT2D eigenvalue weighted by Gasteiger charge is -1.96. The number of nitrogens with zero attached hydrogens (tertiary/aromatic N) is 2. The number of rotatable bonds is 1. The van der Waals surface area contributed by atoms with E-state index in [0.29, 0.717) is 5.82 Å². The standard InChI is InChI=1S/C7H11N3/c1-5(2)6-4-7(8)9-10(6)3/h4H,1H2,2-3H3,(H2,8,9). The minimum Gasteiger partial charge on any atom is -0.382 e. The van der Waals surface area contributed by atoms with Crippen molar-refractivity contribution < 1.29 is 0 Å². The first-order valence-corrected chi connectivity index (χ1v) is 3.06. The molecule has 0 amide bonds. The zero-order chi connectivity index (χ0) is 7.72. The average molecular weight is 137 g/mol. The molecule has 0 aliphatic rings. The number of anilines is 1. The molecule has 0 saturated heterocycles. The molecule has 0 bridgehead atoms. The van der Waals surface area contributed by atoms with Crippen molar-refractivity contribution in [3.05, 3.63) is 18.3 Å². The van der Waals surface area contributed by atoms with E-state index in [1.165, 1.54) is 0 Å². The maximum Gasteiger partial charge on any atom is 0.146 e. The molecule has 0 aliphatic carbocycles. The van der Waals surface area contributed by atoms with Crippen LogP contribution in [0.2, 0.25) is 0 Å². The molecule has 54 valence electrons. The van der Waals surface area contributed by atoms with E-state index >= 15 is 0 Å². The van der Waals surface area contributed by atoms with Crippen molar-refractivity contribution in [1.29, 1.82) is 0 Å². The van der Waals surface area contributed by atoms with Gasteiger partial charge < -0.3 is 5.73 Å². The van der Waals surface area contributed by atoms with E-state index in [-0.39, 0.29) is 0 Å². The minimum absolute atomic E-state index is 0.542. The molecule has 0 fully saturated rings. The Morgan fingerprint density at radius 3 is 2.60 bits per heavy atom. The number of aryl methyl sites for hydroxylation is 1. The Morgan fingerprint density at radius 1 is 1.80 bits per heavy atom. The summed E-state index contributed by atoms with van der Waals surface area (Å²) >= 11 is 0. The van der Waals surface area contributed by atoms with Gasteiger partial charge in [0.25, 0.3) is 0 Å². The summed E-state index contributed by atoms with van der Waals surface area (Å²) in [5.41, 5.74) is 7.41. The molecule has 2 N–H and O–H groups in total. The Bertz CT molecular complexity index is 260. The number of nitrogens with two attached hydrogens (primary N) is 1. The first-order chi connectivity index (χ1) is 4.61. The summed E-state index contributed by atoms with van der Waals surface area (Å²) in [7, 11) is 1.85. The lowest BCUT2D eigenvalue weighted by Crippen LogP contribution is -1.95. The molecule has 0 aliphatic heterocycles. The van der Waals surface area contributed by atoms with Crippen molar-refractivity contribution in [2.45, 2.75) is 6.92 Å². The molecule has 1 aromatic heterocycles. The molecule has 3 nitrogen and oxygen atoms in total. The van der Waals surface area contributed by atoms with Crippen LogP contribution in [0.25, 0.3) is 5.57 Å². The maximum absolute atomic E-state index is 5.44. The number of aromatic nitrogens is 2. The zero-order valence-electron chi connectivity index (χ0n) is 6.26. The second-order valence-electron chi connectivity index (χ2n) is 2.36. The van der Waals surface area contributed by atoms with Gasteiger partial charge in [-0.05, 0) is 12.5 Å². The smallest absolute Gasteiger partial charge is 0.146 e. The topological polar surface area (TPSA) is 43.8 Å². The highest BCUT2D eigenvalue weighted by atomic mass is 15.3. The van der Waals surface area contributed by atoms with Crippen molar-refractivity contribution in [2.75, 3.05) is 5.73 Å². The Kier molecular flexibility index (Phi) is 1.49. The second-order valence-corrected chi connectivity index (χ2v) is 2.36. The van der Waals surface area contributed by atoms with Crippen LogP contribution in [0.1, 0.15) is 12.6 Å². The zero-order valence-corrected chi connectivity index (χ0v) is 6.26. The van der Waals surface area contributed by atoms with Crippen LogP contribution >= 0.6 is 0 Å². The first-order valence-electron chi connectivity index (χ1n) is 3.06. The number of hydrogen-bond acceptors (Lipinski definition) is 2. The van der Waals surface area contributed by atoms with E-state index in [2.05, 4.69) is 11.7 Å². The summed E-state index contributed by atoms with van der Waals surface area (Å²) < 4.78 is 1.72. The van der Waals surface area contributed by atoms with Crippen molar-refractivity contribution in [3.8, 4) is 0 Å². The van der Waals surface area contributed by atoms with E-state index in [9.17, 15) is 0 Å². The summed E-state index contributed by atoms with van der Waals surface area (Å²) in [6.07, 6.45) is 0. The summed E-state index contributed by atoms with van der Waals surface area (Å²) in [6, 6.07) is 1.81. The SMILES string of the molecule is C=C(C)c1cc(N)nn1C. The largest absolute Gasteiger partial charge is 0.382 e. The van der Waals surface area contributed by atoms with Gasteiger partial charge in [0.1, 0.15) is 5.82 Å². The van der Waals surface area contributed by atoms with Crippen LogP contribution in [0.5, 0.6) is 0 Å². The van der Waals surface area contributed by atoms with Crippen molar-refractivity contribution in [1.82, 2.24) is 9.78 Å². The Labute approximate surface area is 60.1 Å². The van der Waals surface area contributed by atoms with Gasteiger partial charge in [0.05, 0.1) is 5.69 Å². The predicted octanol–water partition coefficient (Wildman–Crippen LogP) is 1.04. The van der Waals surface area contributed by atoms with Gasteiger partial charge in [0.15, 0.2) is 0 Å². The fraction of sp³-hybridized carbons (Fsp3) is 0.286. The molecular formula is C7H11N3. The number of nitrogen functional groups attached to an aromatic ring is 1. The van der Waals surface area contributed by atoms with Crippen LogP contribution in [0, 0.1) is 0 Å². The van der Waals surface area contributed by atoms with Gasteiger partial charge in [-0.1, -0.05) is 6.58 Å². The summed E-state index contributed by atoms with van der Waals surface area (Å²) in [6.45, 7) is 5.71. The van der Waals surface area contributed by atoms with Crippen LogP contribution in [-0.2, 0) is 7.05 Å². The van der Waals surface area contributed by atoms with E-state index in [4.69, 9.17) is 5.73 Å². The molecule has 0 unspecified atom stereocenters. The van der Waals surface area contributed by atoms with Crippen LogP contribution in [0.4, 0.5) is 5.82 Å². The second kappa shape index (κ2) is 2.17. The van der Waals surface area contributed by atoms with Crippen molar-refractivity contribution in [2.24, 2.45) is 7.05 Å². The molecule has 0 radical (unpaired) electrons. The van der Waals surface area contributed by atoms with Gasteiger partial charge in [-0.15, -0.1) is 0 Å². The lowest BCUT2D eigenvalue weighted by molar-refractivity contribution is 0.760. The van der Waals surface area contributed by atoms with Crippen molar-refractivity contribution >= 4 is 11.4 Å². The molecule has 1 rings (SSSR count). The van der Waals surface area contributed by atoms with Crippen LogP contribution in [-0.4, -0.2) is 9.78 Å². The normalized spacial score (nSPS) is 9.80. The van der Waals surface area contributed by atoms with Crippen LogP contribution < -0.4 is 5.73 Å². The molecule has 1 aromatic rings. The molecule has 0 saturated carbocycles. The third kappa shape index (κ3) is 1.03. The highest BCUT2D eigenvalue weighted by Gasteiger charge is 2.00. The minimum atomic E-state index is 0.542. The van der Waals surface area contributed by atoms with Gasteiger partial charge in [-0.25, -0.2) is 0 Å². The van der Waals surface area contributed by atoms with E-state index in [1.54, 1.807) is 4.68 Å². The predicted molar refractivity (Wildman–Crippen MR) is 42.3 cm³/mol. The maximum atomic E-state index is 5.44. The van der Waals surface area contributed by atoms with Gasteiger partial charge in [0, 0.05) is 13.1 Å². The molecule has 10 heavy (non-hydrogen) atoms. The van der Waals surface area contributed by atoms with Gasteiger partial charge in [-0.2, -0.15) is 5.10 Å². The van der Waals surface area contributed by atoms with Gasteiger partial charge in [-0.3, -0.25) is 4.68 Å². The highest BCUT2D eigenvalue weighted by Crippen LogP contribution is 2.12. The molecular weight excluding hydrogens is 126 g/mol. The molecule has 1 heterocycles. The average Bonchev–Trinajstić information content (AvgIpc) is 2.10. The van der Waals surface area contributed by atoms with Crippen LogP contribution in [0.15, 0.2) is 12.6 Å². The fourth-order valence-corrected chi connectivity index (χ4v) is 0.889. The highest BCUT2D eigenvalue weighted by molar-refractivity contribution is 5.60. The molecule has 0 atom stereocenters. The molecule has 3 heteroatoms. The molecule has 0 spiro atoms. The van der Waals surface area contributed by atoms with E-state index in [1.807, 2.05) is 20.0 Å². The van der Waals surface area contributed by atoms with E-state index in [0.717, 1.165) is 11.3 Å². The number of hydrogen-bond donors (Lipinski definition) is 1. The lowest BCUT2D eigenvalue weighted by atomic mass is 10.2. The Morgan fingerprint density at radius 2 is 2.40 bits per heavy atom. The number of allylic oxidation sites excluding steroid dienone is 1. The van der Waals surface area contributed by atoms with Gasteiger partial charge in [0.2, 0.25) is 0 Å². The van der Waals surface area contributed by atoms with Crippen molar-refractivity contribution in [3.63, 3.8) is 0 Å². The molecule has 0 aromatic carbocycles. The Balaban J connectivity index is 3.15. The third-order valence-electron chi connectivity index (χ3n) is 1.34. The summed E-state index contributed by atoms with van der Waals surface area (Å²) in [4.78, 5) is 0. The summed E-state index contributed by atoms with van der Waals surface area (Å²) in [5, 5.41) is 3.97. The quantitative estimate of drug-likeness (QED) is 0.628. The monoisotopic (exact) mass is 137 g/mol.